The normalized spacial score (nSPS) is 9.14. The lowest BCUT2D eigenvalue weighted by atomic mass is 10.1. The van der Waals surface area contributed by atoms with Crippen LogP contribution >= 0.6 is 0 Å². The lowest BCUT2D eigenvalue weighted by Gasteiger charge is -1.95. The summed E-state index contributed by atoms with van der Waals surface area (Å²) in [5.41, 5.74) is 2.28. The first-order valence-corrected chi connectivity index (χ1v) is 5.33. The lowest BCUT2D eigenvalue weighted by molar-refractivity contribution is 1.41. The Kier molecular flexibility index (Phi) is 13.1. The molecule has 1 aromatic rings. The second-order valence-corrected chi connectivity index (χ2v) is 2.18. The van der Waals surface area contributed by atoms with Gasteiger partial charge in [-0.3, -0.25) is 4.99 Å². The van der Waals surface area contributed by atoms with E-state index in [2.05, 4.69) is 17.1 Å². The summed E-state index contributed by atoms with van der Waals surface area (Å²) in [6.45, 7) is 10.0. The van der Waals surface area contributed by atoms with E-state index < -0.39 is 0 Å². The van der Waals surface area contributed by atoms with Crippen molar-refractivity contribution in [1.29, 1.82) is 0 Å². The van der Waals surface area contributed by atoms with Gasteiger partial charge in [-0.1, -0.05) is 58.0 Å². The zero-order valence-electron chi connectivity index (χ0n) is 10.3. The summed E-state index contributed by atoms with van der Waals surface area (Å²) in [5, 5.41) is 0. The first-order chi connectivity index (χ1) is 6.84. The average Bonchev–Trinajstić information content (AvgIpc) is 2.34. The third-order valence-electron chi connectivity index (χ3n) is 1.53. The molecule has 80 valence electrons. The summed E-state index contributed by atoms with van der Waals surface area (Å²) in [4.78, 5) is 4.08. The molecule has 1 aromatic carbocycles. The van der Waals surface area contributed by atoms with E-state index >= 15 is 0 Å². The number of aliphatic imine (C=N–C) groups is 1. The highest BCUT2D eigenvalue weighted by atomic mass is 14.7. The van der Waals surface area contributed by atoms with Crippen LogP contribution in [0.2, 0.25) is 0 Å². The molecule has 0 spiro atoms. The quantitative estimate of drug-likeness (QED) is 0.593. The second kappa shape index (κ2) is 11.9. The third-order valence-corrected chi connectivity index (χ3v) is 1.53. The van der Waals surface area contributed by atoms with E-state index in [1.54, 1.807) is 0 Å². The molecule has 0 amide bonds. The molecule has 0 aliphatic heterocycles. The van der Waals surface area contributed by atoms with Gasteiger partial charge in [-0.25, -0.2) is 0 Å². The van der Waals surface area contributed by atoms with Gasteiger partial charge in [-0.05, 0) is 12.5 Å². The molecule has 1 heteroatoms. The van der Waals surface area contributed by atoms with Crippen LogP contribution in [0.1, 0.15) is 40.2 Å². The second-order valence-electron chi connectivity index (χ2n) is 2.18. The minimum absolute atomic E-state index is 1.08. The van der Waals surface area contributed by atoms with E-state index in [4.69, 9.17) is 0 Å². The highest BCUT2D eigenvalue weighted by Crippen LogP contribution is 1.99. The summed E-state index contributed by atoms with van der Waals surface area (Å²) < 4.78 is 0. The molecule has 0 bridgehead atoms. The first-order valence-electron chi connectivity index (χ1n) is 5.33. The molecule has 0 aromatic heterocycles. The Hall–Kier alpha value is -1.11. The number of nitrogens with zero attached hydrogens (tertiary/aromatic N) is 1. The Labute approximate surface area is 88.9 Å². The minimum atomic E-state index is 1.08. The van der Waals surface area contributed by atoms with E-state index in [9.17, 15) is 0 Å². The van der Waals surface area contributed by atoms with Crippen LogP contribution in [0.15, 0.2) is 35.3 Å². The first kappa shape index (κ1) is 15.4. The van der Waals surface area contributed by atoms with Crippen LogP contribution in [-0.2, 0) is 0 Å². The third kappa shape index (κ3) is 6.41. The fourth-order valence-corrected chi connectivity index (χ4v) is 0.808. The summed E-state index contributed by atoms with van der Waals surface area (Å²) in [7, 11) is 1.81. The molecule has 0 atom stereocenters. The maximum absolute atomic E-state index is 4.08. The van der Waals surface area contributed by atoms with Crippen LogP contribution < -0.4 is 0 Å². The molecule has 0 unspecified atom stereocenters. The van der Waals surface area contributed by atoms with Gasteiger partial charge in [-0.15, -0.1) is 0 Å². The van der Waals surface area contributed by atoms with Gasteiger partial charge >= 0.3 is 0 Å². The van der Waals surface area contributed by atoms with Crippen molar-refractivity contribution in [3.8, 4) is 0 Å². The Morgan fingerprint density at radius 3 is 1.71 bits per heavy atom. The standard InChI is InChI=1S/C9H11N.2C2H6/c1-8(10-2)9-6-4-3-5-7-9;2*1-2/h3-7H,1-2H3;2*1-2H3. The van der Waals surface area contributed by atoms with E-state index in [1.807, 2.05) is 59.9 Å². The lowest BCUT2D eigenvalue weighted by Crippen LogP contribution is -1.91. The van der Waals surface area contributed by atoms with Crippen molar-refractivity contribution in [3.63, 3.8) is 0 Å². The Morgan fingerprint density at radius 2 is 1.36 bits per heavy atom. The number of benzene rings is 1. The summed E-state index contributed by atoms with van der Waals surface area (Å²) >= 11 is 0. The molecule has 0 radical (unpaired) electrons. The minimum Gasteiger partial charge on any atom is -0.293 e. The van der Waals surface area contributed by atoms with Gasteiger partial charge in [0.1, 0.15) is 0 Å². The number of hydrogen-bond donors (Lipinski definition) is 0. The number of rotatable bonds is 1. The van der Waals surface area contributed by atoms with Crippen molar-refractivity contribution >= 4 is 5.71 Å². The Balaban J connectivity index is 0. The van der Waals surface area contributed by atoms with Crippen LogP contribution in [-0.4, -0.2) is 12.8 Å². The van der Waals surface area contributed by atoms with Crippen molar-refractivity contribution in [2.75, 3.05) is 7.05 Å². The topological polar surface area (TPSA) is 12.4 Å². The zero-order valence-corrected chi connectivity index (χ0v) is 10.3. The number of hydrogen-bond acceptors (Lipinski definition) is 1. The van der Waals surface area contributed by atoms with Crippen LogP contribution in [0.5, 0.6) is 0 Å². The van der Waals surface area contributed by atoms with Gasteiger partial charge in [0, 0.05) is 12.8 Å². The fourth-order valence-electron chi connectivity index (χ4n) is 0.808. The zero-order chi connectivity index (χ0) is 11.4. The highest BCUT2D eigenvalue weighted by molar-refractivity contribution is 5.98. The molecule has 0 saturated carbocycles. The van der Waals surface area contributed by atoms with Crippen molar-refractivity contribution in [2.24, 2.45) is 4.99 Å². The monoisotopic (exact) mass is 193 g/mol. The van der Waals surface area contributed by atoms with Crippen molar-refractivity contribution in [2.45, 2.75) is 34.6 Å². The smallest absolute Gasteiger partial charge is 0.0386 e. The van der Waals surface area contributed by atoms with E-state index in [-0.39, 0.29) is 0 Å². The maximum Gasteiger partial charge on any atom is 0.0386 e. The molecule has 0 fully saturated rings. The summed E-state index contributed by atoms with van der Waals surface area (Å²) in [6.07, 6.45) is 0. The average molecular weight is 193 g/mol. The molecule has 0 aliphatic rings. The van der Waals surface area contributed by atoms with Crippen LogP contribution in [0, 0.1) is 0 Å². The van der Waals surface area contributed by atoms with Gasteiger partial charge in [0.2, 0.25) is 0 Å². The van der Waals surface area contributed by atoms with Crippen molar-refractivity contribution in [3.05, 3.63) is 35.9 Å². The molecule has 1 rings (SSSR count). The van der Waals surface area contributed by atoms with Crippen LogP contribution in [0.25, 0.3) is 0 Å². The maximum atomic E-state index is 4.08. The SMILES string of the molecule is CC.CC.CN=C(C)c1ccccc1. The summed E-state index contributed by atoms with van der Waals surface area (Å²) in [6, 6.07) is 10.2. The van der Waals surface area contributed by atoms with E-state index in [0.717, 1.165) is 5.71 Å². The largest absolute Gasteiger partial charge is 0.293 e. The van der Waals surface area contributed by atoms with Gasteiger partial charge in [-0.2, -0.15) is 0 Å². The molecule has 1 nitrogen and oxygen atoms in total. The van der Waals surface area contributed by atoms with Gasteiger partial charge in [0.05, 0.1) is 0 Å². The van der Waals surface area contributed by atoms with Gasteiger partial charge < -0.3 is 0 Å². The molecule has 0 aliphatic carbocycles. The van der Waals surface area contributed by atoms with E-state index in [0.29, 0.717) is 0 Å². The van der Waals surface area contributed by atoms with E-state index in [1.165, 1.54) is 5.56 Å². The Bertz CT molecular complexity index is 224. The predicted octanol–water partition coefficient (Wildman–Crippen LogP) is 4.18. The van der Waals surface area contributed by atoms with Crippen molar-refractivity contribution in [1.82, 2.24) is 0 Å². The summed E-state index contributed by atoms with van der Waals surface area (Å²) in [5.74, 6) is 0. The van der Waals surface area contributed by atoms with Gasteiger partial charge in [0.15, 0.2) is 0 Å². The molecular weight excluding hydrogens is 170 g/mol. The predicted molar refractivity (Wildman–Crippen MR) is 67.3 cm³/mol. The Morgan fingerprint density at radius 1 is 0.929 bits per heavy atom. The molecule has 14 heavy (non-hydrogen) atoms. The molecule has 0 saturated heterocycles. The van der Waals surface area contributed by atoms with Crippen molar-refractivity contribution < 1.29 is 0 Å². The fraction of sp³-hybridized carbons (Fsp3) is 0.462. The van der Waals surface area contributed by atoms with Crippen LogP contribution in [0.3, 0.4) is 0 Å². The highest BCUT2D eigenvalue weighted by Gasteiger charge is 1.90. The molecule has 0 heterocycles. The van der Waals surface area contributed by atoms with Gasteiger partial charge in [0.25, 0.3) is 0 Å². The molecular formula is C13H23N. The van der Waals surface area contributed by atoms with Crippen LogP contribution in [0.4, 0.5) is 0 Å². The molecule has 0 N–H and O–H groups in total.